The molecule has 0 bridgehead atoms. The first-order valence-corrected chi connectivity index (χ1v) is 9.23. The van der Waals surface area contributed by atoms with E-state index in [0.29, 0.717) is 18.7 Å². The summed E-state index contributed by atoms with van der Waals surface area (Å²) in [5.41, 5.74) is 2.64. The van der Waals surface area contributed by atoms with Crippen molar-refractivity contribution in [1.82, 2.24) is 4.90 Å². The molecule has 4 heteroatoms. The van der Waals surface area contributed by atoms with E-state index in [4.69, 9.17) is 0 Å². The third kappa shape index (κ3) is 3.08. The molecule has 4 nitrogen and oxygen atoms in total. The maximum atomic E-state index is 13.1. The molecule has 0 aliphatic carbocycles. The van der Waals surface area contributed by atoms with Gasteiger partial charge in [0.05, 0.1) is 5.69 Å². The number of hydrogen-bond acceptors (Lipinski definition) is 2. The van der Waals surface area contributed by atoms with Gasteiger partial charge in [0.25, 0.3) is 5.91 Å². The molecule has 1 saturated heterocycles. The van der Waals surface area contributed by atoms with Crippen LogP contribution in [0.25, 0.3) is 10.8 Å². The molecule has 1 unspecified atom stereocenters. The van der Waals surface area contributed by atoms with Crippen LogP contribution in [-0.2, 0) is 4.79 Å². The highest BCUT2D eigenvalue weighted by Gasteiger charge is 2.35. The van der Waals surface area contributed by atoms with Crippen molar-refractivity contribution in [2.24, 2.45) is 0 Å². The average molecular weight is 358 g/mol. The van der Waals surface area contributed by atoms with E-state index in [1.807, 2.05) is 85.5 Å². The molecular formula is C23H22N2O2. The molecule has 27 heavy (non-hydrogen) atoms. The number of hydrogen-bond donors (Lipinski definition) is 0. The lowest BCUT2D eigenvalue weighted by Crippen LogP contribution is -2.57. The molecular weight excluding hydrogens is 336 g/mol. The zero-order chi connectivity index (χ0) is 19.0. The quantitative estimate of drug-likeness (QED) is 0.694. The third-order valence-electron chi connectivity index (χ3n) is 5.27. The second-order valence-electron chi connectivity index (χ2n) is 7.03. The van der Waals surface area contributed by atoms with Crippen LogP contribution in [0.5, 0.6) is 0 Å². The monoisotopic (exact) mass is 358 g/mol. The van der Waals surface area contributed by atoms with Crippen LogP contribution in [0, 0.1) is 6.92 Å². The molecule has 1 heterocycles. The van der Waals surface area contributed by atoms with Gasteiger partial charge in [0.1, 0.15) is 6.04 Å². The Labute approximate surface area is 159 Å². The van der Waals surface area contributed by atoms with Gasteiger partial charge >= 0.3 is 0 Å². The predicted molar refractivity (Wildman–Crippen MR) is 108 cm³/mol. The number of rotatable bonds is 2. The van der Waals surface area contributed by atoms with E-state index in [-0.39, 0.29) is 11.8 Å². The first-order valence-electron chi connectivity index (χ1n) is 9.23. The fourth-order valence-corrected chi connectivity index (χ4v) is 3.69. The number of piperazine rings is 1. The summed E-state index contributed by atoms with van der Waals surface area (Å²) in [6, 6.07) is 21.1. The van der Waals surface area contributed by atoms with Gasteiger partial charge in [-0.05, 0) is 37.4 Å². The van der Waals surface area contributed by atoms with Crippen LogP contribution in [0.4, 0.5) is 5.69 Å². The van der Waals surface area contributed by atoms with Gasteiger partial charge < -0.3 is 9.80 Å². The second kappa shape index (κ2) is 6.88. The standard InChI is InChI=1S/C23H22N2O2/c1-16-10-12-19(13-11-16)23(27)24-14-15-25(22(26)17(24)2)21-9-5-7-18-6-3-4-8-20(18)21/h3-13,17H,14-15H2,1-2H3. The number of anilines is 1. The highest BCUT2D eigenvalue weighted by Crippen LogP contribution is 2.29. The van der Waals surface area contributed by atoms with E-state index in [0.717, 1.165) is 22.0 Å². The van der Waals surface area contributed by atoms with Crippen molar-refractivity contribution in [2.75, 3.05) is 18.0 Å². The van der Waals surface area contributed by atoms with Gasteiger partial charge in [-0.15, -0.1) is 0 Å². The van der Waals surface area contributed by atoms with E-state index >= 15 is 0 Å². The van der Waals surface area contributed by atoms with E-state index < -0.39 is 6.04 Å². The second-order valence-corrected chi connectivity index (χ2v) is 7.03. The lowest BCUT2D eigenvalue weighted by atomic mass is 10.0. The number of carbonyl (C=O) groups excluding carboxylic acids is 2. The van der Waals surface area contributed by atoms with Gasteiger partial charge in [0.2, 0.25) is 5.91 Å². The highest BCUT2D eigenvalue weighted by molar-refractivity contribution is 6.08. The largest absolute Gasteiger partial charge is 0.325 e. The molecule has 0 radical (unpaired) electrons. The number of nitrogens with zero attached hydrogens (tertiary/aromatic N) is 2. The summed E-state index contributed by atoms with van der Waals surface area (Å²) in [5, 5.41) is 2.16. The fraction of sp³-hybridized carbons (Fsp3) is 0.217. The van der Waals surface area contributed by atoms with Crippen molar-refractivity contribution in [1.29, 1.82) is 0 Å². The molecule has 0 saturated carbocycles. The SMILES string of the molecule is Cc1ccc(C(=O)N2CCN(c3cccc4ccccc34)C(=O)C2C)cc1. The van der Waals surface area contributed by atoms with Gasteiger partial charge in [0, 0.05) is 24.0 Å². The van der Waals surface area contributed by atoms with Crippen LogP contribution < -0.4 is 4.90 Å². The van der Waals surface area contributed by atoms with Gasteiger partial charge in [-0.3, -0.25) is 9.59 Å². The first-order chi connectivity index (χ1) is 13.1. The summed E-state index contributed by atoms with van der Waals surface area (Å²) in [6.45, 7) is 4.81. The zero-order valence-electron chi connectivity index (χ0n) is 15.6. The molecule has 3 aromatic rings. The van der Waals surface area contributed by atoms with Crippen molar-refractivity contribution in [3.8, 4) is 0 Å². The lowest BCUT2D eigenvalue weighted by Gasteiger charge is -2.39. The van der Waals surface area contributed by atoms with Crippen molar-refractivity contribution in [3.05, 3.63) is 77.9 Å². The molecule has 1 atom stereocenters. The van der Waals surface area contributed by atoms with Crippen molar-refractivity contribution >= 4 is 28.3 Å². The Morgan fingerprint density at radius 2 is 1.63 bits per heavy atom. The molecule has 3 aromatic carbocycles. The predicted octanol–water partition coefficient (Wildman–Crippen LogP) is 4.03. The van der Waals surface area contributed by atoms with Crippen molar-refractivity contribution in [3.63, 3.8) is 0 Å². The third-order valence-corrected chi connectivity index (χ3v) is 5.27. The van der Waals surface area contributed by atoms with Crippen molar-refractivity contribution in [2.45, 2.75) is 19.9 Å². The maximum absolute atomic E-state index is 13.1. The van der Waals surface area contributed by atoms with Gasteiger partial charge in [-0.25, -0.2) is 0 Å². The molecule has 1 aliphatic heterocycles. The highest BCUT2D eigenvalue weighted by atomic mass is 16.2. The smallest absolute Gasteiger partial charge is 0.254 e. The molecule has 136 valence electrons. The summed E-state index contributed by atoms with van der Waals surface area (Å²) in [5.74, 6) is -0.133. The van der Waals surface area contributed by atoms with E-state index in [1.54, 1.807) is 4.90 Å². The Balaban J connectivity index is 1.61. The number of amides is 2. The first kappa shape index (κ1) is 17.3. The summed E-state index contributed by atoms with van der Waals surface area (Å²) in [4.78, 5) is 29.5. The lowest BCUT2D eigenvalue weighted by molar-refractivity contribution is -0.124. The summed E-state index contributed by atoms with van der Waals surface area (Å²) >= 11 is 0. The van der Waals surface area contributed by atoms with E-state index in [2.05, 4.69) is 0 Å². The Morgan fingerprint density at radius 1 is 0.926 bits per heavy atom. The Bertz CT molecular complexity index is 1010. The molecule has 0 aromatic heterocycles. The number of fused-ring (bicyclic) bond motifs is 1. The summed E-state index contributed by atoms with van der Waals surface area (Å²) < 4.78 is 0. The zero-order valence-corrected chi connectivity index (χ0v) is 15.6. The minimum absolute atomic E-state index is 0.0435. The number of benzene rings is 3. The molecule has 1 aliphatic rings. The van der Waals surface area contributed by atoms with Gasteiger partial charge in [-0.2, -0.15) is 0 Å². The summed E-state index contributed by atoms with van der Waals surface area (Å²) in [6.07, 6.45) is 0. The fourth-order valence-electron chi connectivity index (χ4n) is 3.69. The van der Waals surface area contributed by atoms with Crippen LogP contribution in [0.15, 0.2) is 66.7 Å². The maximum Gasteiger partial charge on any atom is 0.254 e. The number of carbonyl (C=O) groups is 2. The molecule has 4 rings (SSSR count). The van der Waals surface area contributed by atoms with Crippen LogP contribution in [0.1, 0.15) is 22.8 Å². The molecule has 1 fully saturated rings. The van der Waals surface area contributed by atoms with Gasteiger partial charge in [0.15, 0.2) is 0 Å². The number of aryl methyl sites for hydroxylation is 1. The Morgan fingerprint density at radius 3 is 2.41 bits per heavy atom. The topological polar surface area (TPSA) is 40.6 Å². The van der Waals surface area contributed by atoms with Crippen LogP contribution in [0.3, 0.4) is 0 Å². The molecule has 0 N–H and O–H groups in total. The molecule has 2 amide bonds. The average Bonchev–Trinajstić information content (AvgIpc) is 2.70. The summed E-state index contributed by atoms with van der Waals surface area (Å²) in [7, 11) is 0. The Hall–Kier alpha value is -3.14. The normalized spacial score (nSPS) is 17.4. The van der Waals surface area contributed by atoms with E-state index in [1.165, 1.54) is 0 Å². The van der Waals surface area contributed by atoms with E-state index in [9.17, 15) is 9.59 Å². The minimum atomic E-state index is -0.494. The van der Waals surface area contributed by atoms with Gasteiger partial charge in [-0.1, -0.05) is 54.1 Å². The van der Waals surface area contributed by atoms with Crippen LogP contribution in [-0.4, -0.2) is 35.8 Å². The van der Waals surface area contributed by atoms with Crippen LogP contribution in [0.2, 0.25) is 0 Å². The van der Waals surface area contributed by atoms with Crippen molar-refractivity contribution < 1.29 is 9.59 Å². The minimum Gasteiger partial charge on any atom is -0.325 e. The van der Waals surface area contributed by atoms with Crippen LogP contribution >= 0.6 is 0 Å². The molecule has 0 spiro atoms. The Kier molecular flexibility index (Phi) is 4.40.